The van der Waals surface area contributed by atoms with Crippen LogP contribution in [0.2, 0.25) is 0 Å². The number of phenolic OH excluding ortho intramolecular Hbond substituents is 1. The van der Waals surface area contributed by atoms with Gasteiger partial charge in [-0.15, -0.1) is 0 Å². The third-order valence-corrected chi connectivity index (χ3v) is 3.08. The number of rotatable bonds is 5. The molecule has 0 aliphatic heterocycles. The van der Waals surface area contributed by atoms with E-state index in [1.165, 1.54) is 18.2 Å². The van der Waals surface area contributed by atoms with Crippen LogP contribution in [0.3, 0.4) is 0 Å². The third-order valence-electron chi connectivity index (χ3n) is 3.08. The zero-order valence-corrected chi connectivity index (χ0v) is 11.6. The Bertz CT molecular complexity index is 861. The molecule has 23 heavy (non-hydrogen) atoms. The van der Waals surface area contributed by atoms with Crippen LogP contribution < -0.4 is 5.43 Å². The van der Waals surface area contributed by atoms with Crippen LogP contribution in [0.15, 0.2) is 39.7 Å². The Balaban J connectivity index is 2.64. The summed E-state index contributed by atoms with van der Waals surface area (Å²) < 4.78 is 5.17. The number of phenols is 1. The van der Waals surface area contributed by atoms with Crippen LogP contribution in [0.25, 0.3) is 16.5 Å². The average Bonchev–Trinajstić information content (AvgIpc) is 2.44. The summed E-state index contributed by atoms with van der Waals surface area (Å²) in [6.45, 7) is 0. The zero-order chi connectivity index (χ0) is 17.1. The maximum absolute atomic E-state index is 12.4. The summed E-state index contributed by atoms with van der Waals surface area (Å²) in [5.74, 6) is -2.93. The van der Waals surface area contributed by atoms with E-state index in [1.807, 2.05) is 0 Å². The Kier molecular flexibility index (Phi) is 4.47. The van der Waals surface area contributed by atoms with E-state index < -0.39 is 29.9 Å². The van der Waals surface area contributed by atoms with Gasteiger partial charge in [0.15, 0.2) is 5.43 Å². The first-order chi connectivity index (χ1) is 10.8. The second-order valence-electron chi connectivity index (χ2n) is 4.71. The lowest BCUT2D eigenvalue weighted by Crippen LogP contribution is -2.20. The molecule has 0 amide bonds. The first-order valence-electron chi connectivity index (χ1n) is 6.39. The SMILES string of the molecule is O=C(O)C=C(c1coc2cc(O)ccc2c1=O)[C@@H](O)CC(=O)O. The maximum atomic E-state index is 12.4. The standard InChI is InChI=1S/C15H12O8/c16-7-1-2-8-12(3-7)23-6-10(15(8)22)9(4-13(18)19)11(17)5-14(20)21/h1-4,6,11,16-17H,5H2,(H,18,19)(H,20,21)/t11-/m0/s1. The van der Waals surface area contributed by atoms with Gasteiger partial charge in [0.05, 0.1) is 23.5 Å². The molecule has 120 valence electrons. The van der Waals surface area contributed by atoms with Crippen molar-refractivity contribution in [3.8, 4) is 5.75 Å². The molecular weight excluding hydrogens is 308 g/mol. The van der Waals surface area contributed by atoms with Crippen LogP contribution in [0.5, 0.6) is 5.75 Å². The average molecular weight is 320 g/mol. The van der Waals surface area contributed by atoms with Gasteiger partial charge in [-0.25, -0.2) is 4.79 Å². The van der Waals surface area contributed by atoms with Gasteiger partial charge >= 0.3 is 11.9 Å². The molecule has 1 heterocycles. The molecule has 0 aliphatic rings. The van der Waals surface area contributed by atoms with E-state index in [9.17, 15) is 24.6 Å². The number of fused-ring (bicyclic) bond motifs is 1. The monoisotopic (exact) mass is 320 g/mol. The van der Waals surface area contributed by atoms with Crippen molar-refractivity contribution in [3.63, 3.8) is 0 Å². The zero-order valence-electron chi connectivity index (χ0n) is 11.6. The highest BCUT2D eigenvalue weighted by Gasteiger charge is 2.22. The molecule has 0 aliphatic carbocycles. The number of aliphatic carboxylic acids is 2. The van der Waals surface area contributed by atoms with E-state index in [0.717, 1.165) is 6.26 Å². The minimum Gasteiger partial charge on any atom is -0.508 e. The Labute approximate surface area is 128 Å². The summed E-state index contributed by atoms with van der Waals surface area (Å²) in [5.41, 5.74) is -1.22. The summed E-state index contributed by atoms with van der Waals surface area (Å²) in [6.07, 6.45) is -0.983. The molecule has 4 N–H and O–H groups in total. The molecule has 0 radical (unpaired) electrons. The van der Waals surface area contributed by atoms with Gasteiger partial charge in [0, 0.05) is 17.7 Å². The highest BCUT2D eigenvalue weighted by Crippen LogP contribution is 2.23. The van der Waals surface area contributed by atoms with Gasteiger partial charge in [-0.05, 0) is 12.1 Å². The summed E-state index contributed by atoms with van der Waals surface area (Å²) in [7, 11) is 0. The summed E-state index contributed by atoms with van der Waals surface area (Å²) in [4.78, 5) is 34.0. The molecule has 0 bridgehead atoms. The van der Waals surface area contributed by atoms with Gasteiger partial charge in [0.2, 0.25) is 0 Å². The first-order valence-corrected chi connectivity index (χ1v) is 6.39. The van der Waals surface area contributed by atoms with Gasteiger partial charge < -0.3 is 24.8 Å². The molecule has 0 unspecified atom stereocenters. The summed E-state index contributed by atoms with van der Waals surface area (Å²) >= 11 is 0. The fourth-order valence-corrected chi connectivity index (χ4v) is 2.08. The molecule has 8 heteroatoms. The van der Waals surface area contributed by atoms with Gasteiger partial charge in [-0.1, -0.05) is 0 Å². The number of carboxylic acids is 2. The summed E-state index contributed by atoms with van der Waals surface area (Å²) in [6, 6.07) is 3.73. The van der Waals surface area contributed by atoms with Gasteiger partial charge in [0.1, 0.15) is 17.6 Å². The fraction of sp³-hybridized carbons (Fsp3) is 0.133. The van der Waals surface area contributed by atoms with Crippen molar-refractivity contribution in [2.45, 2.75) is 12.5 Å². The van der Waals surface area contributed by atoms with E-state index in [0.29, 0.717) is 6.08 Å². The van der Waals surface area contributed by atoms with E-state index in [4.69, 9.17) is 14.6 Å². The molecule has 0 saturated heterocycles. The third kappa shape index (κ3) is 3.55. The normalized spacial score (nSPS) is 13.0. The van der Waals surface area contributed by atoms with Crippen LogP contribution in [0.1, 0.15) is 12.0 Å². The Morgan fingerprint density at radius 1 is 1.26 bits per heavy atom. The molecule has 0 saturated carbocycles. The van der Waals surface area contributed by atoms with Crippen LogP contribution in [-0.2, 0) is 9.59 Å². The highest BCUT2D eigenvalue weighted by molar-refractivity contribution is 5.93. The molecule has 2 aromatic rings. The Hall–Kier alpha value is -3.13. The van der Waals surface area contributed by atoms with Gasteiger partial charge in [-0.2, -0.15) is 0 Å². The van der Waals surface area contributed by atoms with Crippen molar-refractivity contribution in [2.24, 2.45) is 0 Å². The lowest BCUT2D eigenvalue weighted by molar-refractivity contribution is -0.138. The number of carboxylic acid groups (broad SMARTS) is 2. The van der Waals surface area contributed by atoms with Crippen LogP contribution in [0, 0.1) is 0 Å². The smallest absolute Gasteiger partial charge is 0.328 e. The van der Waals surface area contributed by atoms with Gasteiger partial charge in [-0.3, -0.25) is 9.59 Å². The van der Waals surface area contributed by atoms with Crippen LogP contribution in [-0.4, -0.2) is 38.5 Å². The maximum Gasteiger partial charge on any atom is 0.328 e. The minimum absolute atomic E-state index is 0.0547. The van der Waals surface area contributed by atoms with E-state index in [1.54, 1.807) is 0 Å². The number of hydrogen-bond donors (Lipinski definition) is 4. The fourth-order valence-electron chi connectivity index (χ4n) is 2.08. The van der Waals surface area contributed by atoms with E-state index >= 15 is 0 Å². The number of aliphatic hydroxyl groups excluding tert-OH is 1. The molecule has 1 aromatic heterocycles. The number of benzene rings is 1. The van der Waals surface area contributed by atoms with Crippen molar-refractivity contribution >= 4 is 28.5 Å². The van der Waals surface area contributed by atoms with E-state index in [2.05, 4.69) is 0 Å². The van der Waals surface area contributed by atoms with Crippen LogP contribution in [0.4, 0.5) is 0 Å². The number of carbonyl (C=O) groups is 2. The van der Waals surface area contributed by atoms with Gasteiger partial charge in [0.25, 0.3) is 0 Å². The lowest BCUT2D eigenvalue weighted by atomic mass is 9.98. The second-order valence-corrected chi connectivity index (χ2v) is 4.71. The largest absolute Gasteiger partial charge is 0.508 e. The highest BCUT2D eigenvalue weighted by atomic mass is 16.4. The van der Waals surface area contributed by atoms with Crippen molar-refractivity contribution < 1.29 is 34.4 Å². The lowest BCUT2D eigenvalue weighted by Gasteiger charge is -2.12. The molecule has 2 rings (SSSR count). The molecule has 1 aromatic carbocycles. The molecule has 0 fully saturated rings. The summed E-state index contributed by atoms with van der Waals surface area (Å²) in [5, 5.41) is 36.9. The molecular formula is C15H12O8. The van der Waals surface area contributed by atoms with Crippen molar-refractivity contribution in [2.75, 3.05) is 0 Å². The van der Waals surface area contributed by atoms with Crippen molar-refractivity contribution in [1.29, 1.82) is 0 Å². The number of aliphatic hydroxyl groups is 1. The minimum atomic E-state index is -1.69. The Morgan fingerprint density at radius 3 is 2.57 bits per heavy atom. The van der Waals surface area contributed by atoms with Crippen molar-refractivity contribution in [1.82, 2.24) is 0 Å². The first kappa shape index (κ1) is 16.2. The molecule has 0 spiro atoms. The number of aromatic hydroxyl groups is 1. The predicted molar refractivity (Wildman–Crippen MR) is 78.0 cm³/mol. The second kappa shape index (κ2) is 6.32. The van der Waals surface area contributed by atoms with E-state index in [-0.39, 0.29) is 27.9 Å². The predicted octanol–water partition coefficient (Wildman–Crippen LogP) is 0.802. The topological polar surface area (TPSA) is 145 Å². The molecule has 8 nitrogen and oxygen atoms in total. The molecule has 1 atom stereocenters. The van der Waals surface area contributed by atoms with Crippen LogP contribution >= 0.6 is 0 Å². The van der Waals surface area contributed by atoms with Crippen molar-refractivity contribution in [3.05, 3.63) is 46.3 Å². The number of hydrogen-bond acceptors (Lipinski definition) is 6. The quantitative estimate of drug-likeness (QED) is 0.592. The Morgan fingerprint density at radius 2 is 1.96 bits per heavy atom.